The van der Waals surface area contributed by atoms with E-state index in [-0.39, 0.29) is 0 Å². The van der Waals surface area contributed by atoms with Crippen LogP contribution in [0.4, 0.5) is 0 Å². The Hall–Kier alpha value is 0.0300. The maximum Gasteiger partial charge on any atom is 0.151 e. The first-order valence-electron chi connectivity index (χ1n) is 4.16. The molecule has 13 heavy (non-hydrogen) atoms. The molecule has 1 heterocycles. The highest BCUT2D eigenvalue weighted by Crippen LogP contribution is 2.33. The van der Waals surface area contributed by atoms with Crippen LogP contribution in [0.15, 0.2) is 17.2 Å². The van der Waals surface area contributed by atoms with Gasteiger partial charge in [-0.25, -0.2) is 4.98 Å². The molecule has 0 unspecified atom stereocenters. The lowest BCUT2D eigenvalue weighted by atomic mass is 10.4. The summed E-state index contributed by atoms with van der Waals surface area (Å²) < 4.78 is 6.73. The average Bonchev–Trinajstić information content (AvgIpc) is 2.92. The Morgan fingerprint density at radius 3 is 3.00 bits per heavy atom. The minimum Gasteiger partial charge on any atom is -0.488 e. The summed E-state index contributed by atoms with van der Waals surface area (Å²) in [5, 5.41) is 0. The van der Waals surface area contributed by atoms with E-state index >= 15 is 0 Å². The molecule has 1 aromatic rings. The molecule has 2 nitrogen and oxygen atoms in total. The fourth-order valence-electron chi connectivity index (χ4n) is 1.01. The van der Waals surface area contributed by atoms with Crippen molar-refractivity contribution in [3.63, 3.8) is 0 Å². The van der Waals surface area contributed by atoms with E-state index in [9.17, 15) is 0 Å². The predicted molar refractivity (Wildman–Crippen MR) is 62.4 cm³/mol. The summed E-state index contributed by atoms with van der Waals surface area (Å²) in [6, 6.07) is 2.06. The van der Waals surface area contributed by atoms with Crippen LogP contribution in [-0.2, 0) is 0 Å². The molecule has 0 bridgehead atoms. The standard InChI is InChI=1S/C9H10INOS/c1-13-8-4-9(10)11-5-7(8)12-6-2-3-6/h4-6H,2-3H2,1H3. The van der Waals surface area contributed by atoms with E-state index in [4.69, 9.17) is 4.74 Å². The minimum atomic E-state index is 0.452. The molecule has 0 radical (unpaired) electrons. The summed E-state index contributed by atoms with van der Waals surface area (Å²) >= 11 is 3.92. The first-order valence-corrected chi connectivity index (χ1v) is 6.46. The van der Waals surface area contributed by atoms with E-state index < -0.39 is 0 Å². The topological polar surface area (TPSA) is 22.1 Å². The number of ether oxygens (including phenoxy) is 1. The monoisotopic (exact) mass is 307 g/mol. The zero-order chi connectivity index (χ0) is 9.26. The van der Waals surface area contributed by atoms with Crippen molar-refractivity contribution in [2.24, 2.45) is 0 Å². The van der Waals surface area contributed by atoms with Gasteiger partial charge in [0.25, 0.3) is 0 Å². The van der Waals surface area contributed by atoms with Crippen LogP contribution in [0.1, 0.15) is 12.8 Å². The summed E-state index contributed by atoms with van der Waals surface area (Å²) in [4.78, 5) is 5.40. The van der Waals surface area contributed by atoms with Gasteiger partial charge < -0.3 is 4.74 Å². The number of pyridine rings is 1. The van der Waals surface area contributed by atoms with E-state index in [1.165, 1.54) is 17.7 Å². The van der Waals surface area contributed by atoms with Gasteiger partial charge in [0.2, 0.25) is 0 Å². The lowest BCUT2D eigenvalue weighted by Gasteiger charge is -2.08. The third-order valence-electron chi connectivity index (χ3n) is 1.84. The number of thioether (sulfide) groups is 1. The normalized spacial score (nSPS) is 15.8. The van der Waals surface area contributed by atoms with Crippen molar-refractivity contribution >= 4 is 34.4 Å². The highest BCUT2D eigenvalue weighted by Gasteiger charge is 2.24. The van der Waals surface area contributed by atoms with Gasteiger partial charge in [0.05, 0.1) is 17.2 Å². The minimum absolute atomic E-state index is 0.452. The number of rotatable bonds is 3. The third-order valence-corrected chi connectivity index (χ3v) is 3.18. The first-order chi connectivity index (χ1) is 6.29. The van der Waals surface area contributed by atoms with Crippen molar-refractivity contribution in [2.75, 3.05) is 6.26 Å². The molecule has 0 amide bonds. The van der Waals surface area contributed by atoms with Crippen LogP contribution >= 0.6 is 34.4 Å². The predicted octanol–water partition coefficient (Wildman–Crippen LogP) is 2.95. The Labute approximate surface area is 95.6 Å². The van der Waals surface area contributed by atoms with Crippen LogP contribution in [0.3, 0.4) is 0 Å². The Morgan fingerprint density at radius 2 is 2.38 bits per heavy atom. The van der Waals surface area contributed by atoms with Crippen LogP contribution < -0.4 is 4.74 Å². The van der Waals surface area contributed by atoms with Gasteiger partial charge in [-0.2, -0.15) is 0 Å². The second-order valence-corrected chi connectivity index (χ2v) is 4.93. The maximum atomic E-state index is 5.72. The van der Waals surface area contributed by atoms with Crippen molar-refractivity contribution < 1.29 is 4.74 Å². The van der Waals surface area contributed by atoms with E-state index in [2.05, 4.69) is 39.9 Å². The molecule has 0 aliphatic heterocycles. The van der Waals surface area contributed by atoms with Gasteiger partial charge in [-0.1, -0.05) is 0 Å². The smallest absolute Gasteiger partial charge is 0.151 e. The quantitative estimate of drug-likeness (QED) is 0.487. The number of hydrogen-bond acceptors (Lipinski definition) is 3. The molecule has 0 atom stereocenters. The number of nitrogens with zero attached hydrogens (tertiary/aromatic N) is 1. The molecule has 1 fully saturated rings. The molecular formula is C9H10INOS. The molecule has 1 aromatic heterocycles. The molecule has 0 spiro atoms. The SMILES string of the molecule is CSc1cc(I)ncc1OC1CC1. The maximum absolute atomic E-state index is 5.72. The van der Waals surface area contributed by atoms with Gasteiger partial charge in [-0.3, -0.25) is 0 Å². The molecule has 2 rings (SSSR count). The zero-order valence-electron chi connectivity index (χ0n) is 7.29. The molecule has 4 heteroatoms. The van der Waals surface area contributed by atoms with Gasteiger partial charge in [0.15, 0.2) is 5.75 Å². The van der Waals surface area contributed by atoms with E-state index in [1.807, 2.05) is 6.20 Å². The molecule has 1 aliphatic rings. The number of aromatic nitrogens is 1. The van der Waals surface area contributed by atoms with Gasteiger partial charge in [0, 0.05) is 0 Å². The highest BCUT2D eigenvalue weighted by atomic mass is 127. The summed E-state index contributed by atoms with van der Waals surface area (Å²) in [6.45, 7) is 0. The van der Waals surface area contributed by atoms with Crippen molar-refractivity contribution in [1.82, 2.24) is 4.98 Å². The Kier molecular flexibility index (Phi) is 2.98. The third kappa shape index (κ3) is 2.49. The Balaban J connectivity index is 2.21. The molecule has 0 aromatic carbocycles. The Morgan fingerprint density at radius 1 is 1.62 bits per heavy atom. The fourth-order valence-corrected chi connectivity index (χ4v) is 2.21. The van der Waals surface area contributed by atoms with E-state index in [1.54, 1.807) is 11.8 Å². The van der Waals surface area contributed by atoms with Gasteiger partial charge in [-0.05, 0) is 47.8 Å². The van der Waals surface area contributed by atoms with Crippen molar-refractivity contribution in [3.05, 3.63) is 16.0 Å². The van der Waals surface area contributed by atoms with Gasteiger partial charge in [-0.15, -0.1) is 11.8 Å². The molecule has 0 N–H and O–H groups in total. The fraction of sp³-hybridized carbons (Fsp3) is 0.444. The lowest BCUT2D eigenvalue weighted by molar-refractivity contribution is 0.294. The summed E-state index contributed by atoms with van der Waals surface area (Å²) in [5.74, 6) is 0.940. The zero-order valence-corrected chi connectivity index (χ0v) is 10.3. The van der Waals surface area contributed by atoms with Crippen molar-refractivity contribution in [2.45, 2.75) is 23.8 Å². The van der Waals surface area contributed by atoms with Gasteiger partial charge >= 0.3 is 0 Å². The van der Waals surface area contributed by atoms with E-state index in [0.717, 1.165) is 9.45 Å². The number of hydrogen-bond donors (Lipinski definition) is 0. The number of halogens is 1. The van der Waals surface area contributed by atoms with Crippen molar-refractivity contribution in [1.29, 1.82) is 0 Å². The largest absolute Gasteiger partial charge is 0.488 e. The first kappa shape index (κ1) is 9.58. The van der Waals surface area contributed by atoms with Crippen LogP contribution in [0.25, 0.3) is 0 Å². The summed E-state index contributed by atoms with van der Waals surface area (Å²) in [7, 11) is 0. The van der Waals surface area contributed by atoms with Gasteiger partial charge in [0.1, 0.15) is 3.70 Å². The highest BCUT2D eigenvalue weighted by molar-refractivity contribution is 14.1. The van der Waals surface area contributed by atoms with Crippen LogP contribution in [0.2, 0.25) is 0 Å². The van der Waals surface area contributed by atoms with Crippen LogP contribution in [0.5, 0.6) is 5.75 Å². The molecule has 1 aliphatic carbocycles. The van der Waals surface area contributed by atoms with Crippen molar-refractivity contribution in [3.8, 4) is 5.75 Å². The Bertz CT molecular complexity index is 314. The summed E-state index contributed by atoms with van der Waals surface area (Å²) in [6.07, 6.45) is 6.73. The second-order valence-electron chi connectivity index (χ2n) is 2.98. The molecule has 70 valence electrons. The van der Waals surface area contributed by atoms with E-state index in [0.29, 0.717) is 6.10 Å². The summed E-state index contributed by atoms with van der Waals surface area (Å²) in [5.41, 5.74) is 0. The average molecular weight is 307 g/mol. The van der Waals surface area contributed by atoms with Crippen LogP contribution in [-0.4, -0.2) is 17.3 Å². The molecular weight excluding hydrogens is 297 g/mol. The van der Waals surface area contributed by atoms with Crippen LogP contribution in [0, 0.1) is 3.70 Å². The second kappa shape index (κ2) is 4.04. The molecule has 0 saturated heterocycles. The lowest BCUT2D eigenvalue weighted by Crippen LogP contribution is -1.98. The molecule has 1 saturated carbocycles.